The molecule has 0 saturated heterocycles. The zero-order valence-electron chi connectivity index (χ0n) is 41.9. The smallest absolute Gasteiger partial charge is 0.0297 e. The van der Waals surface area contributed by atoms with Gasteiger partial charge in [0.2, 0.25) is 0 Å². The number of hydrogen-bond donors (Lipinski definition) is 0. The molecule has 0 aromatic heterocycles. The molecule has 0 aromatic rings. The van der Waals surface area contributed by atoms with Gasteiger partial charge in [-0.1, -0.05) is 186 Å². The first-order valence-electron chi connectivity index (χ1n) is 30.5. The van der Waals surface area contributed by atoms with E-state index >= 15 is 0 Å². The fraction of sp³-hybridized carbons (Fsp3) is 1.00. The van der Waals surface area contributed by atoms with Gasteiger partial charge in [0.1, 0.15) is 0 Å². The summed E-state index contributed by atoms with van der Waals surface area (Å²) in [6.45, 7) is 0. The number of fused-ring (bicyclic) bond motifs is 10. The van der Waals surface area contributed by atoms with Gasteiger partial charge in [-0.25, -0.2) is 0 Å². The largest absolute Gasteiger partial charge is 0.0533 e. The van der Waals surface area contributed by atoms with E-state index in [1.165, 1.54) is 155 Å². The topological polar surface area (TPSA) is 0 Å². The molecule has 0 radical (unpaired) electrons. The summed E-state index contributed by atoms with van der Waals surface area (Å²) in [4.78, 5) is 0. The van der Waals surface area contributed by atoms with Crippen LogP contribution in [0.25, 0.3) is 0 Å². The summed E-state index contributed by atoms with van der Waals surface area (Å²) in [6, 6.07) is 0. The second-order valence-corrected chi connectivity index (χ2v) is 27.3. The van der Waals surface area contributed by atoms with Crippen molar-refractivity contribution < 1.29 is 0 Å². The van der Waals surface area contributed by atoms with Crippen LogP contribution in [0.15, 0.2) is 0 Å². The van der Waals surface area contributed by atoms with Crippen molar-refractivity contribution in [3.8, 4) is 0 Å². The predicted octanol–water partition coefficient (Wildman–Crippen LogP) is 20.2. The zero-order chi connectivity index (χ0) is 41.9. The normalized spacial score (nSPS) is 42.6. The Morgan fingerprint density at radius 3 is 0.532 bits per heavy atom. The van der Waals surface area contributed by atoms with Crippen LogP contribution in [0.2, 0.25) is 0 Å². The Morgan fingerprint density at radius 1 is 0.145 bits per heavy atom. The van der Waals surface area contributed by atoms with Gasteiger partial charge in [-0.2, -0.15) is 0 Å². The summed E-state index contributed by atoms with van der Waals surface area (Å²) in [6.07, 6.45) is 74.6. The van der Waals surface area contributed by atoms with E-state index in [0.717, 1.165) is 22.7 Å². The fourth-order valence-electron chi connectivity index (χ4n) is 17.9. The van der Waals surface area contributed by atoms with Gasteiger partial charge in [-0.05, 0) is 204 Å². The Labute approximate surface area is 388 Å². The van der Waals surface area contributed by atoms with Gasteiger partial charge in [0, 0.05) is 0 Å². The lowest BCUT2D eigenvalue weighted by molar-refractivity contribution is 0.0198. The van der Waals surface area contributed by atoms with E-state index in [1.54, 1.807) is 212 Å². The minimum Gasteiger partial charge on any atom is -0.0533 e. The van der Waals surface area contributed by atoms with Gasteiger partial charge >= 0.3 is 0 Å². The molecule has 0 aliphatic heterocycles. The highest BCUT2D eigenvalue weighted by Crippen LogP contribution is 2.53. The maximum atomic E-state index is 1.58. The molecule has 2 unspecified atom stereocenters. The van der Waals surface area contributed by atoms with E-state index in [4.69, 9.17) is 0 Å². The van der Waals surface area contributed by atoms with Gasteiger partial charge < -0.3 is 0 Å². The van der Waals surface area contributed by atoms with Crippen LogP contribution >= 0.6 is 0 Å². The Bertz CT molecular complexity index is 1100. The van der Waals surface area contributed by atoms with Crippen molar-refractivity contribution in [3.05, 3.63) is 0 Å². The molecule has 0 N–H and O–H groups in total. The third kappa shape index (κ3) is 14.0. The van der Waals surface area contributed by atoms with Crippen molar-refractivity contribution in [1.82, 2.24) is 0 Å². The highest BCUT2D eigenvalue weighted by Gasteiger charge is 2.41. The first-order valence-corrected chi connectivity index (χ1v) is 30.5. The molecule has 0 heteroatoms. The molecule has 2 atom stereocenters. The molecule has 0 nitrogen and oxygen atoms in total. The Morgan fingerprint density at radius 2 is 0.323 bits per heavy atom. The molecule has 20 rings (SSSR count). The first-order chi connectivity index (χ1) is 30.5. The molecule has 356 valence electrons. The third-order valence-corrected chi connectivity index (χ3v) is 22.6. The first kappa shape index (κ1) is 47.1. The molecule has 0 amide bonds. The van der Waals surface area contributed by atoms with E-state index in [2.05, 4.69) is 0 Å². The minimum atomic E-state index is 0.858. The standard InChI is InChI=1S/C11H20.C10H18.2C8H14.2C7H12.C6H10.C5H8/c1-3-7-11(8-4-1)9-5-2-6-10-11;1-2-6-10(7-3-1)8-4-5-9-10;1-2-7-4-5-8(3-1)6-7;1-2-4-8-5-7(3-1)6-8;1-2-7-4-3-6(1)5-7;1-2-6-4-7(3-1)5-6;1-2-6-3-5(1)4-6;1-4-2-5(1)3-4/h1-10H2;1-9H2;2*7-8H,1-6H2;2*6-7H,1-5H2;5-6H,1-4H2;4-5H,1-3H2. The lowest BCUT2D eigenvalue weighted by Gasteiger charge is -2.49. The highest BCUT2D eigenvalue weighted by molar-refractivity contribution is 4.93. The van der Waals surface area contributed by atoms with Gasteiger partial charge in [0.25, 0.3) is 0 Å². The van der Waals surface area contributed by atoms with Crippen LogP contribution in [0.1, 0.15) is 308 Å². The lowest BCUT2D eigenvalue weighted by Crippen LogP contribution is -2.38. The van der Waals surface area contributed by atoms with E-state index < -0.39 is 0 Å². The Hall–Kier alpha value is 0. The van der Waals surface area contributed by atoms with Crippen molar-refractivity contribution in [2.24, 2.45) is 81.8 Å². The molecule has 2 spiro atoms. The van der Waals surface area contributed by atoms with Crippen LogP contribution in [0.4, 0.5) is 0 Å². The molecular weight excluding hydrogens is 745 g/mol. The summed E-state index contributed by atoms with van der Waals surface area (Å²) in [7, 11) is 0. The summed E-state index contributed by atoms with van der Waals surface area (Å²) >= 11 is 0. The van der Waals surface area contributed by atoms with E-state index in [9.17, 15) is 0 Å². The van der Waals surface area contributed by atoms with E-state index in [-0.39, 0.29) is 0 Å². The van der Waals surface area contributed by atoms with Crippen molar-refractivity contribution >= 4 is 0 Å². The molecule has 20 fully saturated rings. The van der Waals surface area contributed by atoms with Crippen molar-refractivity contribution in [2.45, 2.75) is 308 Å². The molecule has 0 aromatic carbocycles. The van der Waals surface area contributed by atoms with Crippen LogP contribution in [-0.4, -0.2) is 0 Å². The SMILES string of the molecule is C1C2CC1C2.C1CC2CC(C1)C2.C1CC2CC1C2.C1CC2CCC(C1)C2.C1CC2CCC1C2.C1CCC2(CC1)CCCC2.C1CCC2(CC1)CCCCC2.C1CCC2CC(C1)C2. The monoisotopic (exact) mass is 853 g/mol. The van der Waals surface area contributed by atoms with Crippen LogP contribution in [-0.2, 0) is 0 Å². The Kier molecular flexibility index (Phi) is 18.1. The molecule has 0 heterocycles. The predicted molar refractivity (Wildman–Crippen MR) is 268 cm³/mol. The van der Waals surface area contributed by atoms with Crippen LogP contribution in [0, 0.1) is 81.8 Å². The molecule has 62 heavy (non-hydrogen) atoms. The number of hydrogen-bond acceptors (Lipinski definition) is 0. The summed E-state index contributed by atoms with van der Waals surface area (Å²) in [5.74, 6) is 14.2. The number of rotatable bonds is 0. The quantitative estimate of drug-likeness (QED) is 0.228. The summed E-state index contributed by atoms with van der Waals surface area (Å²) < 4.78 is 0. The minimum absolute atomic E-state index is 0.858. The second-order valence-electron chi connectivity index (χ2n) is 27.3. The van der Waals surface area contributed by atoms with E-state index in [1.807, 2.05) is 0 Å². The maximum absolute atomic E-state index is 1.58. The fourth-order valence-corrected chi connectivity index (χ4v) is 17.9. The van der Waals surface area contributed by atoms with Crippen molar-refractivity contribution in [3.63, 3.8) is 0 Å². The average molecular weight is 854 g/mol. The highest BCUT2D eigenvalue weighted by atomic mass is 14.5. The molecule has 20 saturated carbocycles. The average Bonchev–Trinajstić information content (AvgIpc) is 4.13. The molecule has 20 aliphatic rings. The van der Waals surface area contributed by atoms with E-state index in [0.29, 0.717) is 0 Å². The van der Waals surface area contributed by atoms with Crippen LogP contribution in [0.5, 0.6) is 0 Å². The maximum Gasteiger partial charge on any atom is -0.0297 e. The summed E-state index contributed by atoms with van der Waals surface area (Å²) in [5, 5.41) is 0. The van der Waals surface area contributed by atoms with Crippen LogP contribution in [0.3, 0.4) is 0 Å². The second kappa shape index (κ2) is 23.8. The third-order valence-electron chi connectivity index (χ3n) is 22.6. The lowest BCUT2D eigenvalue weighted by atomic mass is 9.56. The van der Waals surface area contributed by atoms with Crippen molar-refractivity contribution in [2.75, 3.05) is 0 Å². The van der Waals surface area contributed by atoms with Crippen molar-refractivity contribution in [1.29, 1.82) is 0 Å². The van der Waals surface area contributed by atoms with Gasteiger partial charge in [-0.15, -0.1) is 0 Å². The molecule has 20 aliphatic carbocycles. The molecule has 12 bridgehead atoms. The van der Waals surface area contributed by atoms with Gasteiger partial charge in [0.05, 0.1) is 0 Å². The van der Waals surface area contributed by atoms with Gasteiger partial charge in [-0.3, -0.25) is 0 Å². The van der Waals surface area contributed by atoms with Gasteiger partial charge in [0.15, 0.2) is 0 Å². The summed E-state index contributed by atoms with van der Waals surface area (Å²) in [5.41, 5.74) is 1.73. The Balaban J connectivity index is 0.0000000911. The zero-order valence-corrected chi connectivity index (χ0v) is 41.9. The van der Waals surface area contributed by atoms with Crippen LogP contribution < -0.4 is 0 Å². The molecular formula is C62H108.